The molecule has 0 spiro atoms. The number of carbonyl (C=O) groups is 1. The number of aliphatic carboxylic acids is 1. The van der Waals surface area contributed by atoms with Crippen LogP contribution in [0.5, 0.6) is 0 Å². The largest absolute Gasteiger partial charge is 0.481 e. The summed E-state index contributed by atoms with van der Waals surface area (Å²) < 4.78 is 0. The van der Waals surface area contributed by atoms with E-state index >= 15 is 0 Å². The zero-order valence-corrected chi connectivity index (χ0v) is 24.9. The van der Waals surface area contributed by atoms with Crippen LogP contribution in [-0.2, 0) is 4.79 Å². The van der Waals surface area contributed by atoms with Crippen molar-refractivity contribution >= 4 is 17.0 Å². The summed E-state index contributed by atoms with van der Waals surface area (Å²) in [5.41, 5.74) is 3.21. The Balaban J connectivity index is -0.000000472. The normalized spacial score (nSPS) is 9.95. The molecule has 3 aromatic rings. The van der Waals surface area contributed by atoms with Gasteiger partial charge in [-0.25, -0.2) is 4.98 Å². The molecule has 3 N–H and O–H groups in total. The van der Waals surface area contributed by atoms with Gasteiger partial charge in [0.05, 0.1) is 11.0 Å². The van der Waals surface area contributed by atoms with E-state index in [0.29, 0.717) is 18.3 Å². The molecule has 2 aromatic carbocycles. The van der Waals surface area contributed by atoms with Gasteiger partial charge in [0.2, 0.25) is 0 Å². The molecule has 212 valence electrons. The maximum Gasteiger partial charge on any atom is 0.303 e. The predicted octanol–water partition coefficient (Wildman–Crippen LogP) is 9.34. The Morgan fingerprint density at radius 2 is 1.37 bits per heavy atom. The van der Waals surface area contributed by atoms with Gasteiger partial charge in [0.15, 0.2) is 0 Å². The fraction of sp³-hybridized carbons (Fsp3) is 0.394. The van der Waals surface area contributed by atoms with Gasteiger partial charge in [0.25, 0.3) is 0 Å². The first-order chi connectivity index (χ1) is 18.4. The zero-order chi connectivity index (χ0) is 29.8. The summed E-state index contributed by atoms with van der Waals surface area (Å²) in [5, 5.41) is 15.4. The first-order valence-electron chi connectivity index (χ1n) is 13.4. The Labute approximate surface area is 232 Å². The van der Waals surface area contributed by atoms with Gasteiger partial charge in [-0.1, -0.05) is 135 Å². The third kappa shape index (κ3) is 20.7. The molecule has 0 aliphatic carbocycles. The Morgan fingerprint density at radius 3 is 1.82 bits per heavy atom. The number of benzene rings is 2. The number of aromatic amines is 1. The number of H-pyrrole nitrogens is 1. The van der Waals surface area contributed by atoms with E-state index in [1.54, 1.807) is 12.2 Å². The van der Waals surface area contributed by atoms with Gasteiger partial charge in [-0.2, -0.15) is 0 Å². The van der Waals surface area contributed by atoms with Gasteiger partial charge in [-0.05, 0) is 30.4 Å². The summed E-state index contributed by atoms with van der Waals surface area (Å²) in [6.07, 6.45) is 9.55. The number of allylic oxidation sites excluding steroid dienone is 4. The molecule has 1 aromatic heterocycles. The molecule has 0 saturated heterocycles. The second-order valence-corrected chi connectivity index (χ2v) is 8.00. The van der Waals surface area contributed by atoms with Crippen LogP contribution in [0.15, 0.2) is 92.1 Å². The van der Waals surface area contributed by atoms with E-state index in [4.69, 9.17) is 10.2 Å². The van der Waals surface area contributed by atoms with Crippen LogP contribution in [0.3, 0.4) is 0 Å². The molecule has 1 unspecified atom stereocenters. The summed E-state index contributed by atoms with van der Waals surface area (Å²) in [6, 6.07) is 18.2. The van der Waals surface area contributed by atoms with Crippen molar-refractivity contribution in [3.05, 3.63) is 92.1 Å². The number of aliphatic hydroxyl groups is 1. The van der Waals surface area contributed by atoms with Crippen LogP contribution < -0.4 is 0 Å². The molecular formula is C33H52N2O3. The van der Waals surface area contributed by atoms with Crippen molar-refractivity contribution in [3.8, 4) is 11.4 Å². The minimum atomic E-state index is -0.679. The lowest BCUT2D eigenvalue weighted by atomic mass is 9.97. The predicted molar refractivity (Wildman–Crippen MR) is 167 cm³/mol. The molecule has 0 amide bonds. The van der Waals surface area contributed by atoms with E-state index in [0.717, 1.165) is 42.4 Å². The highest BCUT2D eigenvalue weighted by atomic mass is 16.4. The number of rotatable bonds is 8. The number of para-hydroxylation sites is 2. The third-order valence-corrected chi connectivity index (χ3v) is 4.58. The topological polar surface area (TPSA) is 86.2 Å². The molecule has 0 bridgehead atoms. The standard InChI is InChI=1S/C13H10N2.C9H18O2.C6H8.2C2H6.CH4O/c1-2-6-10(7-3-1)13-14-11-8-4-5-9-12(11)15-13;1-7(2)4-5-8(3)6-9(10)11;1-3-5-6-4-2;3*1-2/h1-9H,(H,14,15);7-8H,4-6H2,1-3H3,(H,10,11);3-6H,1-2H2;2*1-2H3;2H,1H3/b;;6-5-;;;. The SMILES string of the molecule is C=C/C=C\C=C.CC.CC.CC(C)CCC(C)CC(=O)O.CO.c1ccc(-c2nc3ccccc3[nH]2)cc1. The van der Waals surface area contributed by atoms with E-state index in [2.05, 4.69) is 49.1 Å². The van der Waals surface area contributed by atoms with Crippen molar-refractivity contribution in [2.24, 2.45) is 11.8 Å². The smallest absolute Gasteiger partial charge is 0.303 e. The maximum absolute atomic E-state index is 10.3. The summed E-state index contributed by atoms with van der Waals surface area (Å²) >= 11 is 0. The zero-order valence-electron chi connectivity index (χ0n) is 24.9. The first-order valence-corrected chi connectivity index (χ1v) is 13.4. The van der Waals surface area contributed by atoms with E-state index in [9.17, 15) is 4.79 Å². The average molecular weight is 525 g/mol. The second kappa shape index (κ2) is 28.1. The molecule has 0 aliphatic heterocycles. The van der Waals surface area contributed by atoms with Crippen molar-refractivity contribution in [2.75, 3.05) is 7.11 Å². The summed E-state index contributed by atoms with van der Waals surface area (Å²) in [4.78, 5) is 18.1. The Bertz CT molecular complexity index is 933. The highest BCUT2D eigenvalue weighted by Gasteiger charge is 2.07. The highest BCUT2D eigenvalue weighted by Crippen LogP contribution is 2.19. The van der Waals surface area contributed by atoms with Gasteiger partial charge in [0.1, 0.15) is 5.82 Å². The molecule has 5 heteroatoms. The molecule has 0 radical (unpaired) electrons. The van der Waals surface area contributed by atoms with Crippen LogP contribution in [0.4, 0.5) is 0 Å². The fourth-order valence-corrected chi connectivity index (χ4v) is 2.86. The van der Waals surface area contributed by atoms with Crippen molar-refractivity contribution in [1.82, 2.24) is 9.97 Å². The molecule has 0 saturated carbocycles. The van der Waals surface area contributed by atoms with Crippen molar-refractivity contribution in [1.29, 1.82) is 0 Å². The van der Waals surface area contributed by atoms with Crippen molar-refractivity contribution in [2.45, 2.75) is 67.7 Å². The number of fused-ring (bicyclic) bond motifs is 1. The molecule has 3 rings (SSSR count). The summed E-state index contributed by atoms with van der Waals surface area (Å²) in [6.45, 7) is 21.2. The van der Waals surface area contributed by atoms with E-state index < -0.39 is 5.97 Å². The molecule has 0 fully saturated rings. The lowest BCUT2D eigenvalue weighted by Gasteiger charge is -2.09. The van der Waals surface area contributed by atoms with E-state index in [-0.39, 0.29) is 0 Å². The van der Waals surface area contributed by atoms with E-state index in [1.807, 2.05) is 89.2 Å². The lowest BCUT2D eigenvalue weighted by Crippen LogP contribution is -2.05. The number of nitrogens with zero attached hydrogens (tertiary/aromatic N) is 1. The Kier molecular flexibility index (Phi) is 28.9. The first kappa shape index (κ1) is 39.1. The van der Waals surface area contributed by atoms with Crippen LogP contribution in [0.25, 0.3) is 22.4 Å². The number of hydrogen-bond donors (Lipinski definition) is 3. The Hall–Kier alpha value is -3.44. The minimum Gasteiger partial charge on any atom is -0.481 e. The number of aromatic nitrogens is 2. The van der Waals surface area contributed by atoms with Gasteiger partial charge in [-0.15, -0.1) is 0 Å². The van der Waals surface area contributed by atoms with Gasteiger partial charge in [-0.3, -0.25) is 4.79 Å². The Morgan fingerprint density at radius 1 is 0.868 bits per heavy atom. The maximum atomic E-state index is 10.3. The van der Waals surface area contributed by atoms with Gasteiger partial charge < -0.3 is 15.2 Å². The molecular weight excluding hydrogens is 472 g/mol. The second-order valence-electron chi connectivity index (χ2n) is 8.00. The number of aliphatic hydroxyl groups excluding tert-OH is 1. The summed E-state index contributed by atoms with van der Waals surface area (Å²) in [5.74, 6) is 1.26. The lowest BCUT2D eigenvalue weighted by molar-refractivity contribution is -0.138. The molecule has 38 heavy (non-hydrogen) atoms. The van der Waals surface area contributed by atoms with E-state index in [1.165, 1.54) is 0 Å². The van der Waals surface area contributed by atoms with Gasteiger partial charge >= 0.3 is 5.97 Å². The van der Waals surface area contributed by atoms with Crippen LogP contribution in [0, 0.1) is 11.8 Å². The number of carboxylic acid groups (broad SMARTS) is 1. The highest BCUT2D eigenvalue weighted by molar-refractivity contribution is 5.79. The monoisotopic (exact) mass is 524 g/mol. The number of carboxylic acids is 1. The average Bonchev–Trinajstić information content (AvgIpc) is 3.39. The minimum absolute atomic E-state index is 0.312. The van der Waals surface area contributed by atoms with Crippen LogP contribution in [0.2, 0.25) is 0 Å². The number of imidazole rings is 1. The van der Waals surface area contributed by atoms with Crippen LogP contribution in [-0.4, -0.2) is 33.3 Å². The quantitative estimate of drug-likeness (QED) is 0.256. The third-order valence-electron chi connectivity index (χ3n) is 4.58. The van der Waals surface area contributed by atoms with Crippen molar-refractivity contribution < 1.29 is 15.0 Å². The van der Waals surface area contributed by atoms with Gasteiger partial charge in [0, 0.05) is 19.1 Å². The molecule has 1 heterocycles. The summed E-state index contributed by atoms with van der Waals surface area (Å²) in [7, 11) is 1.00. The molecule has 5 nitrogen and oxygen atoms in total. The van der Waals surface area contributed by atoms with Crippen LogP contribution in [0.1, 0.15) is 67.7 Å². The van der Waals surface area contributed by atoms with Crippen molar-refractivity contribution in [3.63, 3.8) is 0 Å². The molecule has 1 atom stereocenters. The van der Waals surface area contributed by atoms with Crippen LogP contribution >= 0.6 is 0 Å². The fourth-order valence-electron chi connectivity index (χ4n) is 2.86. The number of hydrogen-bond acceptors (Lipinski definition) is 3. The number of nitrogens with one attached hydrogen (secondary N) is 1. The molecule has 0 aliphatic rings.